The molecule has 1 aliphatic carbocycles. The number of likely N-dealkylation sites (N-methyl/N-ethyl adjacent to an activating group) is 1. The summed E-state index contributed by atoms with van der Waals surface area (Å²) in [6.07, 6.45) is 4.93. The van der Waals surface area contributed by atoms with Crippen molar-refractivity contribution in [2.24, 2.45) is 11.8 Å². The smallest absolute Gasteiger partial charge is 0.327 e. The molecule has 2 rings (SSSR count). The van der Waals surface area contributed by atoms with E-state index in [2.05, 4.69) is 15.5 Å². The molecule has 0 unspecified atom stereocenters. The van der Waals surface area contributed by atoms with Crippen LogP contribution in [-0.4, -0.2) is 84.0 Å². The van der Waals surface area contributed by atoms with Crippen molar-refractivity contribution < 1.29 is 19.5 Å². The first-order valence-corrected chi connectivity index (χ1v) is 10.5. The number of rotatable bonds is 8. The van der Waals surface area contributed by atoms with E-state index in [0.717, 1.165) is 6.54 Å². The maximum Gasteiger partial charge on any atom is 0.327 e. The summed E-state index contributed by atoms with van der Waals surface area (Å²) in [6, 6.07) is -2.03. The Bertz CT molecular complexity index is 562. The molecule has 1 saturated heterocycles. The van der Waals surface area contributed by atoms with Gasteiger partial charge in [0.1, 0.15) is 12.1 Å². The Morgan fingerprint density at radius 1 is 1.11 bits per heavy atom. The molecule has 8 heteroatoms. The molecular weight excluding hydrogens is 360 g/mol. The van der Waals surface area contributed by atoms with Gasteiger partial charge in [0, 0.05) is 26.2 Å². The minimum Gasteiger partial charge on any atom is -0.480 e. The van der Waals surface area contributed by atoms with Gasteiger partial charge in [-0.05, 0) is 38.6 Å². The molecule has 0 bridgehead atoms. The monoisotopic (exact) mass is 396 g/mol. The Balaban J connectivity index is 2.06. The number of carboxylic acids is 1. The number of carboxylic acid groups (broad SMARTS) is 1. The number of amides is 2. The maximum atomic E-state index is 13.2. The Morgan fingerprint density at radius 2 is 1.75 bits per heavy atom. The van der Waals surface area contributed by atoms with Gasteiger partial charge in [0.25, 0.3) is 0 Å². The third kappa shape index (κ3) is 5.67. The summed E-state index contributed by atoms with van der Waals surface area (Å²) in [5.41, 5.74) is 0. The average molecular weight is 397 g/mol. The van der Waals surface area contributed by atoms with Crippen LogP contribution in [0.1, 0.15) is 46.5 Å². The van der Waals surface area contributed by atoms with Gasteiger partial charge >= 0.3 is 5.97 Å². The van der Waals surface area contributed by atoms with Crippen molar-refractivity contribution in [2.75, 3.05) is 33.2 Å². The van der Waals surface area contributed by atoms with Crippen molar-refractivity contribution >= 4 is 17.8 Å². The highest BCUT2D eigenvalue weighted by Crippen LogP contribution is 2.26. The van der Waals surface area contributed by atoms with Crippen molar-refractivity contribution in [1.82, 2.24) is 20.4 Å². The molecular formula is C20H36N4O4. The summed E-state index contributed by atoms with van der Waals surface area (Å²) in [7, 11) is 1.68. The molecule has 0 aromatic rings. The van der Waals surface area contributed by atoms with Gasteiger partial charge in [-0.25, -0.2) is 4.79 Å². The fraction of sp³-hybridized carbons (Fsp3) is 0.850. The average Bonchev–Trinajstić information content (AvgIpc) is 3.17. The summed E-state index contributed by atoms with van der Waals surface area (Å²) in [6.45, 7) is 7.76. The summed E-state index contributed by atoms with van der Waals surface area (Å²) >= 11 is 0. The molecule has 3 atom stereocenters. The van der Waals surface area contributed by atoms with E-state index < -0.39 is 24.1 Å². The third-order valence-corrected chi connectivity index (χ3v) is 6.08. The predicted octanol–water partition coefficient (Wildman–Crippen LogP) is 0.523. The fourth-order valence-corrected chi connectivity index (χ4v) is 4.14. The van der Waals surface area contributed by atoms with Gasteiger partial charge in [-0.15, -0.1) is 0 Å². The van der Waals surface area contributed by atoms with Crippen LogP contribution in [0.5, 0.6) is 0 Å². The van der Waals surface area contributed by atoms with Crippen molar-refractivity contribution in [1.29, 1.82) is 0 Å². The summed E-state index contributed by atoms with van der Waals surface area (Å²) in [5, 5.41) is 15.4. The normalized spacial score (nSPS) is 23.6. The van der Waals surface area contributed by atoms with Crippen LogP contribution in [0.15, 0.2) is 0 Å². The molecule has 3 N–H and O–H groups in total. The lowest BCUT2D eigenvalue weighted by Crippen LogP contribution is -2.63. The quantitative estimate of drug-likeness (QED) is 0.553. The van der Waals surface area contributed by atoms with E-state index in [0.29, 0.717) is 25.6 Å². The van der Waals surface area contributed by atoms with E-state index in [1.54, 1.807) is 14.0 Å². The van der Waals surface area contributed by atoms with E-state index in [1.807, 2.05) is 13.8 Å². The number of hydrogen-bond acceptors (Lipinski definition) is 5. The van der Waals surface area contributed by atoms with Gasteiger partial charge in [-0.2, -0.15) is 0 Å². The fourth-order valence-electron chi connectivity index (χ4n) is 4.14. The minimum atomic E-state index is -0.984. The Labute approximate surface area is 168 Å². The lowest BCUT2D eigenvalue weighted by molar-refractivity contribution is -0.155. The molecule has 2 amide bonds. The largest absolute Gasteiger partial charge is 0.480 e. The maximum absolute atomic E-state index is 13.2. The standard InChI is InChI=1S/C20H36N4O4/c1-13(2)17(22-18(25)14(3)21-4)19(26)24-10-9-23(12-16(24)20(27)28)11-15-7-5-6-8-15/h13-17,21H,5-12H2,1-4H3,(H,22,25)(H,27,28)/t14-,16-,17-/m0/s1. The van der Waals surface area contributed by atoms with Crippen LogP contribution in [-0.2, 0) is 14.4 Å². The molecule has 2 aliphatic rings. The van der Waals surface area contributed by atoms with Crippen molar-refractivity contribution in [3.05, 3.63) is 0 Å². The van der Waals surface area contributed by atoms with Crippen molar-refractivity contribution in [3.63, 3.8) is 0 Å². The van der Waals surface area contributed by atoms with Gasteiger partial charge in [-0.3, -0.25) is 14.5 Å². The Kier molecular flexibility index (Phi) is 8.24. The zero-order valence-corrected chi connectivity index (χ0v) is 17.6. The van der Waals surface area contributed by atoms with E-state index in [-0.39, 0.29) is 17.7 Å². The molecule has 8 nitrogen and oxygen atoms in total. The first-order chi connectivity index (χ1) is 13.2. The molecule has 1 aliphatic heterocycles. The van der Waals surface area contributed by atoms with Crippen LogP contribution in [0.2, 0.25) is 0 Å². The molecule has 0 aromatic heterocycles. The predicted molar refractivity (Wildman–Crippen MR) is 107 cm³/mol. The number of nitrogens with zero attached hydrogens (tertiary/aromatic N) is 2. The highest BCUT2D eigenvalue weighted by atomic mass is 16.4. The molecule has 0 spiro atoms. The molecule has 28 heavy (non-hydrogen) atoms. The highest BCUT2D eigenvalue weighted by Gasteiger charge is 2.40. The molecule has 0 aromatic carbocycles. The van der Waals surface area contributed by atoms with Gasteiger partial charge in [-0.1, -0.05) is 26.7 Å². The van der Waals surface area contributed by atoms with Crippen LogP contribution in [0.25, 0.3) is 0 Å². The van der Waals surface area contributed by atoms with Gasteiger partial charge < -0.3 is 20.6 Å². The second kappa shape index (κ2) is 10.2. The van der Waals surface area contributed by atoms with Gasteiger partial charge in [0.05, 0.1) is 6.04 Å². The van der Waals surface area contributed by atoms with Crippen LogP contribution >= 0.6 is 0 Å². The van der Waals surface area contributed by atoms with E-state index in [9.17, 15) is 19.5 Å². The topological polar surface area (TPSA) is 102 Å². The van der Waals surface area contributed by atoms with E-state index in [1.165, 1.54) is 30.6 Å². The van der Waals surface area contributed by atoms with E-state index >= 15 is 0 Å². The van der Waals surface area contributed by atoms with Crippen molar-refractivity contribution in [2.45, 2.75) is 64.6 Å². The van der Waals surface area contributed by atoms with Crippen molar-refractivity contribution in [3.8, 4) is 0 Å². The lowest BCUT2D eigenvalue weighted by atomic mass is 9.99. The summed E-state index contributed by atoms with van der Waals surface area (Å²) in [4.78, 5) is 41.0. The third-order valence-electron chi connectivity index (χ3n) is 6.08. The van der Waals surface area contributed by atoms with Crippen LogP contribution in [0.3, 0.4) is 0 Å². The second-order valence-corrected chi connectivity index (χ2v) is 8.54. The Hall–Kier alpha value is -1.67. The van der Waals surface area contributed by atoms with E-state index in [4.69, 9.17) is 0 Å². The number of hydrogen-bond donors (Lipinski definition) is 3. The van der Waals surface area contributed by atoms with Gasteiger partial charge in [0.2, 0.25) is 11.8 Å². The molecule has 160 valence electrons. The minimum absolute atomic E-state index is 0.133. The summed E-state index contributed by atoms with van der Waals surface area (Å²) < 4.78 is 0. The number of aliphatic carboxylic acids is 1. The first kappa shape index (κ1) is 22.6. The molecule has 1 saturated carbocycles. The molecule has 1 heterocycles. The number of carbonyl (C=O) groups excluding carboxylic acids is 2. The number of carbonyl (C=O) groups is 3. The van der Waals surface area contributed by atoms with Gasteiger partial charge in [0.15, 0.2) is 0 Å². The zero-order chi connectivity index (χ0) is 20.8. The summed E-state index contributed by atoms with van der Waals surface area (Å²) in [5.74, 6) is -1.04. The molecule has 0 radical (unpaired) electrons. The number of piperazine rings is 1. The SMILES string of the molecule is CN[C@@H](C)C(=O)N[C@H](C(=O)N1CCN(CC2CCCC2)C[C@H]1C(=O)O)C(C)C. The number of nitrogens with one attached hydrogen (secondary N) is 2. The Morgan fingerprint density at radius 3 is 2.29 bits per heavy atom. The highest BCUT2D eigenvalue weighted by molar-refractivity contribution is 5.92. The first-order valence-electron chi connectivity index (χ1n) is 10.5. The van der Waals surface area contributed by atoms with Crippen LogP contribution < -0.4 is 10.6 Å². The second-order valence-electron chi connectivity index (χ2n) is 8.54. The lowest BCUT2D eigenvalue weighted by Gasteiger charge is -2.42. The zero-order valence-electron chi connectivity index (χ0n) is 17.6. The van der Waals surface area contributed by atoms with Crippen LogP contribution in [0.4, 0.5) is 0 Å². The van der Waals surface area contributed by atoms with Crippen LogP contribution in [0, 0.1) is 11.8 Å². The molecule has 2 fully saturated rings.